The highest BCUT2D eigenvalue weighted by Gasteiger charge is 2.43. The molecule has 0 saturated heterocycles. The highest BCUT2D eigenvalue weighted by Crippen LogP contribution is 2.51. The molecule has 0 aromatic carbocycles. The van der Waals surface area contributed by atoms with Crippen LogP contribution in [-0.4, -0.2) is 22.2 Å². The summed E-state index contributed by atoms with van der Waals surface area (Å²) in [6.07, 6.45) is 12.3. The van der Waals surface area contributed by atoms with Crippen LogP contribution in [0.1, 0.15) is 57.8 Å². The predicted molar refractivity (Wildman–Crippen MR) is 79.9 cm³/mol. The number of rotatable bonds is 10. The van der Waals surface area contributed by atoms with Crippen LogP contribution in [0.3, 0.4) is 0 Å². The summed E-state index contributed by atoms with van der Waals surface area (Å²) in [5.41, 5.74) is 0. The summed E-state index contributed by atoms with van der Waals surface area (Å²) in [5, 5.41) is 17.4. The summed E-state index contributed by atoms with van der Waals surface area (Å²) >= 11 is 0. The Labute approximate surface area is 126 Å². The van der Waals surface area contributed by atoms with Crippen molar-refractivity contribution in [3.63, 3.8) is 0 Å². The number of fused-ring (bicyclic) bond motifs is 2. The van der Waals surface area contributed by atoms with E-state index >= 15 is 0 Å². The zero-order chi connectivity index (χ0) is 15.2. The van der Waals surface area contributed by atoms with Crippen molar-refractivity contribution in [3.05, 3.63) is 12.2 Å². The molecular weight excluding hydrogens is 268 g/mol. The molecule has 2 bridgehead atoms. The third-order valence-electron chi connectivity index (χ3n) is 5.16. The van der Waals surface area contributed by atoms with Gasteiger partial charge in [0.05, 0.1) is 0 Å². The van der Waals surface area contributed by atoms with Gasteiger partial charge >= 0.3 is 11.9 Å². The number of unbranched alkanes of at least 4 members (excludes halogenated alkanes) is 2. The van der Waals surface area contributed by atoms with Crippen molar-refractivity contribution >= 4 is 11.9 Å². The first-order chi connectivity index (χ1) is 10.1. The quantitative estimate of drug-likeness (QED) is 0.476. The van der Waals surface area contributed by atoms with Gasteiger partial charge in [-0.15, -0.1) is 0 Å². The Morgan fingerprint density at radius 2 is 1.24 bits per heavy atom. The second kappa shape index (κ2) is 7.62. The maximum absolute atomic E-state index is 10.6. The smallest absolute Gasteiger partial charge is 0.303 e. The second-order valence-corrected chi connectivity index (χ2v) is 6.56. The molecule has 21 heavy (non-hydrogen) atoms. The Morgan fingerprint density at radius 3 is 1.62 bits per heavy atom. The summed E-state index contributed by atoms with van der Waals surface area (Å²) in [7, 11) is 0. The van der Waals surface area contributed by atoms with Crippen molar-refractivity contribution in [2.75, 3.05) is 0 Å². The molecule has 118 valence electrons. The number of allylic oxidation sites excluding steroid dienone is 2. The highest BCUT2D eigenvalue weighted by atomic mass is 16.4. The molecule has 4 heteroatoms. The second-order valence-electron chi connectivity index (χ2n) is 6.56. The third-order valence-corrected chi connectivity index (χ3v) is 5.16. The van der Waals surface area contributed by atoms with Crippen LogP contribution >= 0.6 is 0 Å². The first-order valence-corrected chi connectivity index (χ1v) is 8.20. The first kappa shape index (κ1) is 16.1. The molecule has 1 fully saturated rings. The minimum Gasteiger partial charge on any atom is -0.481 e. The van der Waals surface area contributed by atoms with Gasteiger partial charge in [-0.3, -0.25) is 9.59 Å². The zero-order valence-corrected chi connectivity index (χ0v) is 12.5. The van der Waals surface area contributed by atoms with Gasteiger partial charge in [0.15, 0.2) is 0 Å². The molecule has 4 atom stereocenters. The van der Waals surface area contributed by atoms with Crippen LogP contribution < -0.4 is 0 Å². The Bertz CT molecular complexity index is 366. The van der Waals surface area contributed by atoms with Gasteiger partial charge in [-0.25, -0.2) is 0 Å². The van der Waals surface area contributed by atoms with E-state index in [9.17, 15) is 9.59 Å². The topological polar surface area (TPSA) is 74.6 Å². The van der Waals surface area contributed by atoms with Gasteiger partial charge < -0.3 is 10.2 Å². The number of aliphatic carboxylic acids is 2. The summed E-state index contributed by atoms with van der Waals surface area (Å²) in [4.78, 5) is 21.1. The molecule has 2 N–H and O–H groups in total. The molecule has 4 unspecified atom stereocenters. The Kier molecular flexibility index (Phi) is 5.83. The van der Waals surface area contributed by atoms with Gasteiger partial charge in [0, 0.05) is 12.8 Å². The minimum atomic E-state index is -0.701. The molecule has 2 aliphatic carbocycles. The number of carboxylic acids is 2. The molecule has 0 spiro atoms. The van der Waals surface area contributed by atoms with Gasteiger partial charge in [0.1, 0.15) is 0 Å². The monoisotopic (exact) mass is 294 g/mol. The molecule has 1 saturated carbocycles. The van der Waals surface area contributed by atoms with Gasteiger partial charge in [0.2, 0.25) is 0 Å². The van der Waals surface area contributed by atoms with Crippen LogP contribution in [0.15, 0.2) is 12.2 Å². The number of hydrogen-bond acceptors (Lipinski definition) is 2. The van der Waals surface area contributed by atoms with E-state index < -0.39 is 11.9 Å². The molecule has 0 heterocycles. The molecule has 0 aliphatic heterocycles. The van der Waals surface area contributed by atoms with E-state index in [-0.39, 0.29) is 12.8 Å². The molecule has 0 radical (unpaired) electrons. The van der Waals surface area contributed by atoms with E-state index in [4.69, 9.17) is 10.2 Å². The average molecular weight is 294 g/mol. The Morgan fingerprint density at radius 1 is 0.810 bits per heavy atom. The SMILES string of the molecule is O=C(O)CCCCC1C2C=CC(C2)C1CCCCC(=O)O. The van der Waals surface area contributed by atoms with E-state index in [0.717, 1.165) is 38.5 Å². The van der Waals surface area contributed by atoms with Crippen LogP contribution in [-0.2, 0) is 9.59 Å². The fourth-order valence-electron chi connectivity index (χ4n) is 4.20. The van der Waals surface area contributed by atoms with E-state index in [0.29, 0.717) is 23.7 Å². The van der Waals surface area contributed by atoms with E-state index in [2.05, 4.69) is 12.2 Å². The fourth-order valence-corrected chi connectivity index (χ4v) is 4.20. The number of hydrogen-bond donors (Lipinski definition) is 2. The van der Waals surface area contributed by atoms with Crippen LogP contribution in [0, 0.1) is 23.7 Å². The van der Waals surface area contributed by atoms with Crippen molar-refractivity contribution in [2.45, 2.75) is 57.8 Å². The summed E-state index contributed by atoms with van der Waals surface area (Å²) < 4.78 is 0. The molecule has 0 aromatic rings. The molecule has 0 amide bonds. The highest BCUT2D eigenvalue weighted by molar-refractivity contribution is 5.66. The Hall–Kier alpha value is -1.32. The average Bonchev–Trinajstić information content (AvgIpc) is 3.00. The number of carboxylic acid groups (broad SMARTS) is 2. The maximum Gasteiger partial charge on any atom is 0.303 e. The molecule has 0 aromatic heterocycles. The van der Waals surface area contributed by atoms with E-state index in [1.54, 1.807) is 0 Å². The summed E-state index contributed by atoms with van der Waals surface area (Å²) in [5.74, 6) is 1.35. The Balaban J connectivity index is 1.73. The van der Waals surface area contributed by atoms with Crippen molar-refractivity contribution in [2.24, 2.45) is 23.7 Å². The normalized spacial score (nSPS) is 29.9. The van der Waals surface area contributed by atoms with Crippen LogP contribution in [0.25, 0.3) is 0 Å². The number of carbonyl (C=O) groups is 2. The van der Waals surface area contributed by atoms with E-state index in [1.165, 1.54) is 6.42 Å². The minimum absolute atomic E-state index is 0.278. The van der Waals surface area contributed by atoms with E-state index in [1.807, 2.05) is 0 Å². The van der Waals surface area contributed by atoms with Gasteiger partial charge in [-0.2, -0.15) is 0 Å². The van der Waals surface area contributed by atoms with Crippen LogP contribution in [0.5, 0.6) is 0 Å². The predicted octanol–water partition coefficient (Wildman–Crippen LogP) is 3.71. The van der Waals surface area contributed by atoms with Crippen molar-refractivity contribution in [1.82, 2.24) is 0 Å². The lowest BCUT2D eigenvalue weighted by molar-refractivity contribution is -0.138. The lowest BCUT2D eigenvalue weighted by Gasteiger charge is -2.28. The molecule has 2 rings (SSSR count). The summed E-state index contributed by atoms with van der Waals surface area (Å²) in [6.45, 7) is 0. The van der Waals surface area contributed by atoms with Crippen molar-refractivity contribution in [1.29, 1.82) is 0 Å². The zero-order valence-electron chi connectivity index (χ0n) is 12.5. The van der Waals surface area contributed by atoms with Crippen LogP contribution in [0.4, 0.5) is 0 Å². The molecule has 2 aliphatic rings. The van der Waals surface area contributed by atoms with Crippen molar-refractivity contribution < 1.29 is 19.8 Å². The van der Waals surface area contributed by atoms with Gasteiger partial charge in [0.25, 0.3) is 0 Å². The maximum atomic E-state index is 10.6. The molecular formula is C17H26O4. The lowest BCUT2D eigenvalue weighted by Crippen LogP contribution is -2.20. The largest absolute Gasteiger partial charge is 0.481 e. The first-order valence-electron chi connectivity index (χ1n) is 8.20. The third kappa shape index (κ3) is 4.58. The van der Waals surface area contributed by atoms with Crippen molar-refractivity contribution in [3.8, 4) is 0 Å². The lowest BCUT2D eigenvalue weighted by atomic mass is 9.77. The van der Waals surface area contributed by atoms with Gasteiger partial charge in [-0.1, -0.05) is 25.0 Å². The van der Waals surface area contributed by atoms with Gasteiger partial charge in [-0.05, 0) is 55.8 Å². The fraction of sp³-hybridized carbons (Fsp3) is 0.765. The molecule has 4 nitrogen and oxygen atoms in total. The van der Waals surface area contributed by atoms with Crippen LogP contribution in [0.2, 0.25) is 0 Å². The summed E-state index contributed by atoms with van der Waals surface area (Å²) in [6, 6.07) is 0. The standard InChI is InChI=1S/C17H26O4/c18-16(19)7-3-1-5-14-12-9-10-13(11-12)15(14)6-2-4-8-17(20)21/h9-10,12-15H,1-8,11H2,(H,18,19)(H,20,21).